The Kier molecular flexibility index (Phi) is 7.55. The first kappa shape index (κ1) is 21.9. The van der Waals surface area contributed by atoms with Crippen molar-refractivity contribution in [1.29, 1.82) is 0 Å². The Bertz CT molecular complexity index is 982. The van der Waals surface area contributed by atoms with E-state index in [9.17, 15) is 9.90 Å². The maximum absolute atomic E-state index is 11.2. The normalized spacial score (nSPS) is 10.9. The van der Waals surface area contributed by atoms with E-state index in [0.717, 1.165) is 29.2 Å². The van der Waals surface area contributed by atoms with Crippen molar-refractivity contribution in [2.45, 2.75) is 38.2 Å². The van der Waals surface area contributed by atoms with E-state index in [1.54, 1.807) is 6.07 Å². The predicted octanol–water partition coefficient (Wildman–Crippen LogP) is 5.99. The number of benzene rings is 3. The van der Waals surface area contributed by atoms with E-state index >= 15 is 0 Å². The standard InChI is InChI=1S/C25H27NO3S/c1-17(2)29-22-11-9-21(10-12-22)20-7-5-19(6-8-20)14-15-26-30-23-13-4-18(3)24(16-23)25(27)28/h4-13,16-17,26H,14-15H2,1-3H3,(H,27,28). The van der Waals surface area contributed by atoms with Crippen LogP contribution in [0.1, 0.15) is 35.3 Å². The molecule has 2 N–H and O–H groups in total. The van der Waals surface area contributed by atoms with Gasteiger partial charge in [-0.1, -0.05) is 42.5 Å². The number of carboxylic acid groups (broad SMARTS) is 1. The highest BCUT2D eigenvalue weighted by Gasteiger charge is 2.08. The number of aromatic carboxylic acids is 1. The molecule has 30 heavy (non-hydrogen) atoms. The summed E-state index contributed by atoms with van der Waals surface area (Å²) in [5.74, 6) is -0.00451. The van der Waals surface area contributed by atoms with E-state index in [1.165, 1.54) is 28.6 Å². The molecule has 3 aromatic rings. The highest BCUT2D eigenvalue weighted by atomic mass is 32.2. The van der Waals surface area contributed by atoms with Crippen molar-refractivity contribution in [3.63, 3.8) is 0 Å². The van der Waals surface area contributed by atoms with Crippen LogP contribution in [0.25, 0.3) is 11.1 Å². The molecule has 0 radical (unpaired) electrons. The second-order valence-electron chi connectivity index (χ2n) is 7.42. The van der Waals surface area contributed by atoms with Gasteiger partial charge < -0.3 is 9.84 Å². The lowest BCUT2D eigenvalue weighted by Gasteiger charge is -2.10. The molecule has 0 aliphatic carbocycles. The molecule has 0 amide bonds. The average molecular weight is 422 g/mol. The molecule has 0 aromatic heterocycles. The maximum Gasteiger partial charge on any atom is 0.335 e. The number of aryl methyl sites for hydroxylation is 1. The predicted molar refractivity (Wildman–Crippen MR) is 123 cm³/mol. The van der Waals surface area contributed by atoms with Crippen molar-refractivity contribution < 1.29 is 14.6 Å². The van der Waals surface area contributed by atoms with Gasteiger partial charge in [-0.05, 0) is 85.7 Å². The summed E-state index contributed by atoms with van der Waals surface area (Å²) in [6.45, 7) is 6.65. The van der Waals surface area contributed by atoms with Crippen molar-refractivity contribution in [3.05, 3.63) is 83.4 Å². The van der Waals surface area contributed by atoms with Crippen LogP contribution in [0.5, 0.6) is 5.75 Å². The fraction of sp³-hybridized carbons (Fsp3) is 0.240. The van der Waals surface area contributed by atoms with Gasteiger partial charge in [0.25, 0.3) is 0 Å². The molecular weight excluding hydrogens is 394 g/mol. The van der Waals surface area contributed by atoms with Gasteiger partial charge in [-0.25, -0.2) is 4.79 Å². The Morgan fingerprint density at radius 3 is 2.23 bits per heavy atom. The number of nitrogens with one attached hydrogen (secondary N) is 1. The van der Waals surface area contributed by atoms with Crippen molar-refractivity contribution >= 4 is 17.9 Å². The summed E-state index contributed by atoms with van der Waals surface area (Å²) in [6, 6.07) is 22.2. The number of carbonyl (C=O) groups is 1. The fourth-order valence-corrected chi connectivity index (χ4v) is 3.77. The molecule has 0 saturated heterocycles. The van der Waals surface area contributed by atoms with E-state index < -0.39 is 5.97 Å². The summed E-state index contributed by atoms with van der Waals surface area (Å²) in [6.07, 6.45) is 1.07. The van der Waals surface area contributed by atoms with Crippen molar-refractivity contribution in [1.82, 2.24) is 4.72 Å². The molecule has 0 fully saturated rings. The van der Waals surface area contributed by atoms with Gasteiger partial charge in [0, 0.05) is 11.4 Å². The molecule has 3 rings (SSSR count). The summed E-state index contributed by atoms with van der Waals surface area (Å²) in [5.41, 5.74) is 4.72. The minimum atomic E-state index is -0.892. The van der Waals surface area contributed by atoms with E-state index in [1.807, 2.05) is 45.0 Å². The molecule has 4 nitrogen and oxygen atoms in total. The van der Waals surface area contributed by atoms with Crippen LogP contribution in [0.4, 0.5) is 0 Å². The van der Waals surface area contributed by atoms with Gasteiger partial charge in [0.05, 0.1) is 11.7 Å². The first-order valence-corrected chi connectivity index (χ1v) is 10.8. The molecule has 0 spiro atoms. The summed E-state index contributed by atoms with van der Waals surface area (Å²) in [4.78, 5) is 12.1. The van der Waals surface area contributed by atoms with Gasteiger partial charge in [-0.3, -0.25) is 4.72 Å². The quantitative estimate of drug-likeness (QED) is 0.328. The molecule has 156 valence electrons. The van der Waals surface area contributed by atoms with Crippen LogP contribution in [-0.2, 0) is 6.42 Å². The Hall–Kier alpha value is -2.76. The van der Waals surface area contributed by atoms with Crippen LogP contribution < -0.4 is 9.46 Å². The third-order valence-corrected chi connectivity index (χ3v) is 5.50. The van der Waals surface area contributed by atoms with Crippen LogP contribution in [0.15, 0.2) is 71.6 Å². The molecule has 3 aromatic carbocycles. The minimum Gasteiger partial charge on any atom is -0.491 e. The van der Waals surface area contributed by atoms with Crippen LogP contribution >= 0.6 is 11.9 Å². The molecular formula is C25H27NO3S. The number of hydrogen-bond acceptors (Lipinski definition) is 4. The van der Waals surface area contributed by atoms with Crippen LogP contribution in [0.3, 0.4) is 0 Å². The summed E-state index contributed by atoms with van der Waals surface area (Å²) < 4.78 is 9.01. The molecule has 0 aliphatic rings. The summed E-state index contributed by atoms with van der Waals surface area (Å²) in [7, 11) is 0. The van der Waals surface area contributed by atoms with E-state index in [-0.39, 0.29) is 6.10 Å². The van der Waals surface area contributed by atoms with E-state index in [2.05, 4.69) is 41.1 Å². The third kappa shape index (κ3) is 6.12. The van der Waals surface area contributed by atoms with Crippen molar-refractivity contribution in [2.75, 3.05) is 6.54 Å². The second-order valence-corrected chi connectivity index (χ2v) is 8.38. The largest absolute Gasteiger partial charge is 0.491 e. The Morgan fingerprint density at radius 1 is 1.00 bits per heavy atom. The Balaban J connectivity index is 1.50. The summed E-state index contributed by atoms with van der Waals surface area (Å²) in [5, 5.41) is 9.23. The zero-order valence-corrected chi connectivity index (χ0v) is 18.3. The lowest BCUT2D eigenvalue weighted by molar-refractivity contribution is 0.0696. The lowest BCUT2D eigenvalue weighted by atomic mass is 10.0. The number of hydrogen-bond donors (Lipinski definition) is 2. The maximum atomic E-state index is 11.2. The average Bonchev–Trinajstić information content (AvgIpc) is 2.73. The smallest absolute Gasteiger partial charge is 0.335 e. The number of rotatable bonds is 9. The first-order chi connectivity index (χ1) is 14.4. The minimum absolute atomic E-state index is 0.173. The van der Waals surface area contributed by atoms with Gasteiger partial charge in [-0.2, -0.15) is 0 Å². The van der Waals surface area contributed by atoms with Crippen molar-refractivity contribution in [3.8, 4) is 16.9 Å². The van der Waals surface area contributed by atoms with Gasteiger partial charge in [-0.15, -0.1) is 0 Å². The Labute approximate surface area is 182 Å². The third-order valence-electron chi connectivity index (χ3n) is 4.66. The summed E-state index contributed by atoms with van der Waals surface area (Å²) >= 11 is 1.46. The number of carboxylic acids is 1. The van der Waals surface area contributed by atoms with Crippen LogP contribution in [-0.4, -0.2) is 23.7 Å². The zero-order chi connectivity index (χ0) is 21.5. The highest BCUT2D eigenvalue weighted by Crippen LogP contribution is 2.24. The second kappa shape index (κ2) is 10.3. The monoisotopic (exact) mass is 421 g/mol. The van der Waals surface area contributed by atoms with Gasteiger partial charge in [0.1, 0.15) is 5.75 Å². The molecule has 0 saturated carbocycles. The van der Waals surface area contributed by atoms with E-state index in [4.69, 9.17) is 4.74 Å². The van der Waals surface area contributed by atoms with Gasteiger partial charge >= 0.3 is 5.97 Å². The Morgan fingerprint density at radius 2 is 1.63 bits per heavy atom. The molecule has 0 aliphatic heterocycles. The van der Waals surface area contributed by atoms with E-state index in [0.29, 0.717) is 5.56 Å². The van der Waals surface area contributed by atoms with Crippen molar-refractivity contribution in [2.24, 2.45) is 0 Å². The molecule has 0 heterocycles. The van der Waals surface area contributed by atoms with Gasteiger partial charge in [0.15, 0.2) is 0 Å². The highest BCUT2D eigenvalue weighted by molar-refractivity contribution is 7.97. The van der Waals surface area contributed by atoms with Gasteiger partial charge in [0.2, 0.25) is 0 Å². The SMILES string of the molecule is Cc1ccc(SNCCc2ccc(-c3ccc(OC(C)C)cc3)cc2)cc1C(=O)O. The molecule has 5 heteroatoms. The topological polar surface area (TPSA) is 58.6 Å². The molecule has 0 unspecified atom stereocenters. The zero-order valence-electron chi connectivity index (χ0n) is 17.5. The fourth-order valence-electron chi connectivity index (χ4n) is 3.09. The number of ether oxygens (including phenoxy) is 1. The molecule has 0 atom stereocenters. The first-order valence-electron chi connectivity index (χ1n) is 10.0. The van der Waals surface area contributed by atoms with Crippen LogP contribution in [0.2, 0.25) is 0 Å². The lowest BCUT2D eigenvalue weighted by Crippen LogP contribution is -2.08. The molecule has 0 bridgehead atoms. The van der Waals surface area contributed by atoms with Crippen LogP contribution in [0, 0.1) is 6.92 Å².